The first-order chi connectivity index (χ1) is 51.4. The molecular weight excluding hydrogens is 1340 g/mol. The average Bonchev–Trinajstić information content (AvgIpc) is 0.756. The van der Waals surface area contributed by atoms with E-state index in [0.717, 1.165) is 22.3 Å². The molecule has 0 N–H and O–H groups in total. The van der Waals surface area contributed by atoms with Crippen molar-refractivity contribution in [2.45, 2.75) is 133 Å². The molecule has 12 rings (SSSR count). The number of nitrogens with zero attached hydrogens (tertiary/aromatic N) is 1. The van der Waals surface area contributed by atoms with Gasteiger partial charge < -0.3 is 66.3 Å². The molecule has 9 aromatic carbocycles. The molecule has 0 bridgehead atoms. The van der Waals surface area contributed by atoms with Gasteiger partial charge in [0.15, 0.2) is 30.9 Å². The fraction of sp³-hybridized carbons (Fsp3) is 0.286. The highest BCUT2D eigenvalue weighted by Gasteiger charge is 2.59. The van der Waals surface area contributed by atoms with Crippen LogP contribution in [0.15, 0.2) is 273 Å². The van der Waals surface area contributed by atoms with Crippen LogP contribution in [0.1, 0.15) is 83.1 Å². The number of likely N-dealkylation sites (tertiary alicyclic amines) is 1. The van der Waals surface area contributed by atoms with E-state index in [2.05, 4.69) is 0 Å². The van der Waals surface area contributed by atoms with Crippen LogP contribution in [0, 0.1) is 0 Å². The molecule has 9 aromatic rings. The minimum Gasteiger partial charge on any atom is -0.459 e. The quantitative estimate of drug-likeness (QED) is 0.0313. The third-order valence-corrected chi connectivity index (χ3v) is 17.9. The van der Waals surface area contributed by atoms with Crippen LogP contribution in [0.2, 0.25) is 0 Å². The molecule has 3 aliphatic rings. The smallest absolute Gasteiger partial charge is 0.410 e. The van der Waals surface area contributed by atoms with Gasteiger partial charge in [0.05, 0.1) is 74.0 Å². The summed E-state index contributed by atoms with van der Waals surface area (Å²) in [4.78, 5) is 89.8. The number of piperidine rings is 1. The highest BCUT2D eigenvalue weighted by Crippen LogP contribution is 2.39. The number of amides is 1. The Morgan fingerprint density at radius 3 is 1.18 bits per heavy atom. The van der Waals surface area contributed by atoms with Crippen molar-refractivity contribution >= 4 is 35.9 Å². The lowest BCUT2D eigenvalue weighted by atomic mass is 9.92. The molecule has 105 heavy (non-hydrogen) atoms. The van der Waals surface area contributed by atoms with Gasteiger partial charge in [-0.2, -0.15) is 0 Å². The Balaban J connectivity index is 1.03. The molecule has 3 saturated heterocycles. The lowest BCUT2D eigenvalue weighted by Gasteiger charge is -2.52. The lowest BCUT2D eigenvalue weighted by molar-refractivity contribution is -0.362. The standard InChI is InChI=1S/C84H81NO20/c1-56-70(93-50-59-32-14-4-15-33-59)74(94-51-60-34-16-5-17-35-60)76(95-52-61-36-18-6-19-37-61)82(98-56)105-72-68(99-57(2)86)48-85(84(91)97-53-62-38-20-7-21-39-62)67(54-92-49-58-30-12-3-13-31-58)71(72)104-83-77(103-81(90)66-46-28-11-29-47-66)75(102-80(89)65-44-26-10-27-45-65)73(101-79(88)64-42-24-9-25-43-64)69(100-83)55-96-78(87)63-40-22-8-23-41-63/h3-47,56,67-77,82-83H,48-55H2,1-2H3/t56-,67+,68-,69+,70+,71+,72+,73-,74+,75-,76-,77+,82-,83-/m0/s1. The van der Waals surface area contributed by atoms with E-state index < -0.39 is 135 Å². The molecule has 3 fully saturated rings. The third kappa shape index (κ3) is 20.2. The van der Waals surface area contributed by atoms with E-state index in [4.69, 9.17) is 66.3 Å². The molecule has 1 amide bonds. The minimum absolute atomic E-state index is 0.00558. The minimum atomic E-state index is -2.04. The average molecular weight is 1420 g/mol. The molecule has 0 radical (unpaired) electrons. The summed E-state index contributed by atoms with van der Waals surface area (Å²) >= 11 is 0. The Morgan fingerprint density at radius 1 is 0.352 bits per heavy atom. The second kappa shape index (κ2) is 37.1. The Morgan fingerprint density at radius 2 is 0.724 bits per heavy atom. The molecule has 0 unspecified atom stereocenters. The molecule has 0 spiro atoms. The van der Waals surface area contributed by atoms with Gasteiger partial charge >= 0.3 is 35.9 Å². The zero-order valence-electron chi connectivity index (χ0n) is 57.8. The first kappa shape index (κ1) is 74.0. The summed E-state index contributed by atoms with van der Waals surface area (Å²) in [5, 5.41) is 0. The largest absolute Gasteiger partial charge is 0.459 e. The van der Waals surface area contributed by atoms with Gasteiger partial charge in [-0.1, -0.05) is 224 Å². The summed E-state index contributed by atoms with van der Waals surface area (Å²) in [5.74, 6) is -4.54. The van der Waals surface area contributed by atoms with E-state index in [0.29, 0.717) is 5.56 Å². The van der Waals surface area contributed by atoms with Crippen molar-refractivity contribution < 1.29 is 95.1 Å². The van der Waals surface area contributed by atoms with E-state index in [-0.39, 0.29) is 61.9 Å². The van der Waals surface area contributed by atoms with Crippen LogP contribution in [0.25, 0.3) is 0 Å². The number of rotatable bonds is 29. The van der Waals surface area contributed by atoms with Crippen LogP contribution in [-0.2, 0) is 104 Å². The normalized spacial score (nSPS) is 23.5. The fourth-order valence-corrected chi connectivity index (χ4v) is 12.7. The summed E-state index contributed by atoms with van der Waals surface area (Å²) in [6, 6.07) is 77.3. The number of ether oxygens (including phenoxy) is 14. The second-order valence-corrected chi connectivity index (χ2v) is 25.3. The van der Waals surface area contributed by atoms with Crippen molar-refractivity contribution in [3.05, 3.63) is 323 Å². The van der Waals surface area contributed by atoms with E-state index in [9.17, 15) is 19.2 Å². The molecule has 3 heterocycles. The highest BCUT2D eigenvalue weighted by atomic mass is 16.8. The number of hydrogen-bond donors (Lipinski definition) is 0. The molecular formula is C84H81NO20. The SMILES string of the molecule is CC(=O)O[C@H]1CN(C(=O)OCc2ccccc2)[C@H](COCc2ccccc2)[C@@H](O[C@@H]2O[C@H](COC(=O)c3ccccc3)[C@H](OC(=O)c3ccccc3)[C@H](OC(=O)c3ccccc3)[C@H]2OC(=O)c2ccccc2)[C@@H]1O[C@@H]1O[C@@H](C)[C@@H](OCc2ccccc2)[C@@H](OCc2ccccc2)[C@@H]1OCc1ccccc1. The summed E-state index contributed by atoms with van der Waals surface area (Å²) < 4.78 is 95.1. The number of esters is 5. The van der Waals surface area contributed by atoms with Crippen molar-refractivity contribution in [3.8, 4) is 0 Å². The lowest BCUT2D eigenvalue weighted by Crippen LogP contribution is -2.70. The number of benzene rings is 9. The fourth-order valence-electron chi connectivity index (χ4n) is 12.7. The van der Waals surface area contributed by atoms with Crippen molar-refractivity contribution in [1.82, 2.24) is 4.90 Å². The molecule has 0 aromatic heterocycles. The third-order valence-electron chi connectivity index (χ3n) is 17.9. The van der Waals surface area contributed by atoms with E-state index >= 15 is 9.59 Å². The first-order valence-electron chi connectivity index (χ1n) is 34.7. The predicted molar refractivity (Wildman–Crippen MR) is 380 cm³/mol. The Kier molecular flexibility index (Phi) is 26.2. The second-order valence-electron chi connectivity index (χ2n) is 25.3. The number of hydrogen-bond acceptors (Lipinski definition) is 20. The maximum Gasteiger partial charge on any atom is 0.410 e. The molecule has 0 aliphatic carbocycles. The van der Waals surface area contributed by atoms with Crippen LogP contribution in [0.5, 0.6) is 0 Å². The maximum atomic E-state index is 15.5. The van der Waals surface area contributed by atoms with E-state index in [1.807, 2.05) is 134 Å². The van der Waals surface area contributed by atoms with Crippen LogP contribution < -0.4 is 0 Å². The first-order valence-corrected chi connectivity index (χ1v) is 34.7. The summed E-state index contributed by atoms with van der Waals surface area (Å²) in [6.07, 6.45) is -20.6. The molecule has 542 valence electrons. The van der Waals surface area contributed by atoms with Gasteiger partial charge in [-0.25, -0.2) is 24.0 Å². The van der Waals surface area contributed by atoms with Crippen molar-refractivity contribution in [1.29, 1.82) is 0 Å². The summed E-state index contributed by atoms with van der Waals surface area (Å²) in [7, 11) is 0. The van der Waals surface area contributed by atoms with Gasteiger partial charge in [0.2, 0.25) is 0 Å². The van der Waals surface area contributed by atoms with Gasteiger partial charge in [0.25, 0.3) is 0 Å². The zero-order chi connectivity index (χ0) is 72.7. The van der Waals surface area contributed by atoms with Gasteiger partial charge in [-0.05, 0) is 83.3 Å². The molecule has 14 atom stereocenters. The van der Waals surface area contributed by atoms with Crippen molar-refractivity contribution in [2.24, 2.45) is 0 Å². The van der Waals surface area contributed by atoms with Crippen LogP contribution >= 0.6 is 0 Å². The van der Waals surface area contributed by atoms with Crippen molar-refractivity contribution in [2.75, 3.05) is 19.8 Å². The Hall–Kier alpha value is -10.7. The number of carbonyl (C=O) groups excluding carboxylic acids is 6. The van der Waals surface area contributed by atoms with Gasteiger partial charge in [0, 0.05) is 6.92 Å². The molecule has 0 saturated carbocycles. The van der Waals surface area contributed by atoms with Gasteiger partial charge in [-0.3, -0.25) is 9.69 Å². The van der Waals surface area contributed by atoms with Gasteiger partial charge in [-0.15, -0.1) is 0 Å². The van der Waals surface area contributed by atoms with Crippen LogP contribution in [0.3, 0.4) is 0 Å². The van der Waals surface area contributed by atoms with Crippen molar-refractivity contribution in [3.63, 3.8) is 0 Å². The molecule has 3 aliphatic heterocycles. The summed E-state index contributed by atoms with van der Waals surface area (Å²) in [5.41, 5.74) is 4.13. The van der Waals surface area contributed by atoms with Crippen LogP contribution in [-0.4, -0.2) is 146 Å². The topological polar surface area (TPSA) is 235 Å². The maximum absolute atomic E-state index is 15.5. The highest BCUT2D eigenvalue weighted by molar-refractivity contribution is 5.92. The molecule has 21 heteroatoms. The van der Waals surface area contributed by atoms with Gasteiger partial charge in [0.1, 0.15) is 55.9 Å². The Bertz CT molecular complexity index is 4190. The van der Waals surface area contributed by atoms with E-state index in [1.54, 1.807) is 97.1 Å². The predicted octanol–water partition coefficient (Wildman–Crippen LogP) is 12.7. The monoisotopic (exact) mass is 1420 g/mol. The summed E-state index contributed by atoms with van der Waals surface area (Å²) in [6.45, 7) is 1.45. The van der Waals surface area contributed by atoms with Crippen LogP contribution in [0.4, 0.5) is 4.79 Å². The number of carbonyl (C=O) groups is 6. The Labute approximate surface area is 608 Å². The molecule has 21 nitrogen and oxygen atoms in total. The zero-order valence-corrected chi connectivity index (χ0v) is 57.8. The van der Waals surface area contributed by atoms with E-state index in [1.165, 1.54) is 60.4 Å².